The SMILES string of the molecule is CNC(=O)c1ccc(NC(C(=O)OC)C(C)C)nn1. The molecule has 0 saturated heterocycles. The van der Waals surface area contributed by atoms with Gasteiger partial charge in [-0.1, -0.05) is 13.8 Å². The third-order valence-electron chi connectivity index (χ3n) is 2.55. The molecule has 0 fully saturated rings. The lowest BCUT2D eigenvalue weighted by molar-refractivity contribution is -0.142. The topological polar surface area (TPSA) is 93.2 Å². The first-order valence-electron chi connectivity index (χ1n) is 5.89. The number of amides is 1. The standard InChI is InChI=1S/C12H18N4O3/c1-7(2)10(12(18)19-4)14-9-6-5-8(15-16-9)11(17)13-3/h5-7,10H,1-4H3,(H,13,17)(H,14,16). The van der Waals surface area contributed by atoms with Gasteiger partial charge in [-0.15, -0.1) is 10.2 Å². The van der Waals surface area contributed by atoms with E-state index < -0.39 is 6.04 Å². The van der Waals surface area contributed by atoms with E-state index in [1.54, 1.807) is 6.07 Å². The summed E-state index contributed by atoms with van der Waals surface area (Å²) < 4.78 is 4.71. The van der Waals surface area contributed by atoms with Gasteiger partial charge in [-0.25, -0.2) is 4.79 Å². The van der Waals surface area contributed by atoms with Crippen LogP contribution in [0.5, 0.6) is 0 Å². The molecule has 0 bridgehead atoms. The fourth-order valence-electron chi connectivity index (χ4n) is 1.44. The zero-order chi connectivity index (χ0) is 14.4. The number of hydrogen-bond acceptors (Lipinski definition) is 6. The minimum atomic E-state index is -0.509. The van der Waals surface area contributed by atoms with Crippen LogP contribution in [0.3, 0.4) is 0 Å². The fraction of sp³-hybridized carbons (Fsp3) is 0.500. The predicted octanol–water partition coefficient (Wildman–Crippen LogP) is 0.446. The van der Waals surface area contributed by atoms with Crippen molar-refractivity contribution in [1.29, 1.82) is 0 Å². The molecular formula is C12H18N4O3. The third-order valence-corrected chi connectivity index (χ3v) is 2.55. The number of hydrogen-bond donors (Lipinski definition) is 2. The van der Waals surface area contributed by atoms with Crippen LogP contribution in [0.25, 0.3) is 0 Å². The molecule has 2 N–H and O–H groups in total. The Morgan fingerprint density at radius 2 is 1.95 bits per heavy atom. The highest BCUT2D eigenvalue weighted by molar-refractivity contribution is 5.91. The fourth-order valence-corrected chi connectivity index (χ4v) is 1.44. The molecule has 7 heteroatoms. The van der Waals surface area contributed by atoms with Crippen molar-refractivity contribution in [2.24, 2.45) is 5.92 Å². The highest BCUT2D eigenvalue weighted by atomic mass is 16.5. The lowest BCUT2D eigenvalue weighted by atomic mass is 10.0. The van der Waals surface area contributed by atoms with Crippen molar-refractivity contribution in [2.45, 2.75) is 19.9 Å². The normalized spacial score (nSPS) is 11.8. The van der Waals surface area contributed by atoms with Crippen LogP contribution in [-0.2, 0) is 9.53 Å². The predicted molar refractivity (Wildman–Crippen MR) is 69.7 cm³/mol. The molecule has 1 heterocycles. The second kappa shape index (κ2) is 6.67. The summed E-state index contributed by atoms with van der Waals surface area (Å²) >= 11 is 0. The minimum absolute atomic E-state index is 0.0351. The van der Waals surface area contributed by atoms with Crippen molar-refractivity contribution in [2.75, 3.05) is 19.5 Å². The molecule has 0 radical (unpaired) electrons. The van der Waals surface area contributed by atoms with E-state index in [2.05, 4.69) is 20.8 Å². The van der Waals surface area contributed by atoms with Gasteiger partial charge in [-0.05, 0) is 18.1 Å². The molecule has 0 aliphatic carbocycles. The van der Waals surface area contributed by atoms with E-state index in [4.69, 9.17) is 4.74 Å². The van der Waals surface area contributed by atoms with Gasteiger partial charge in [0.05, 0.1) is 7.11 Å². The summed E-state index contributed by atoms with van der Waals surface area (Å²) in [6, 6.07) is 2.61. The highest BCUT2D eigenvalue weighted by Gasteiger charge is 2.23. The Hall–Kier alpha value is -2.18. The van der Waals surface area contributed by atoms with Gasteiger partial charge in [0.25, 0.3) is 5.91 Å². The molecule has 0 saturated carbocycles. The molecular weight excluding hydrogens is 248 g/mol. The zero-order valence-corrected chi connectivity index (χ0v) is 11.4. The summed E-state index contributed by atoms with van der Waals surface area (Å²) in [5, 5.41) is 13.0. The molecule has 1 aromatic rings. The number of ether oxygens (including phenoxy) is 1. The van der Waals surface area contributed by atoms with Gasteiger partial charge in [-0.3, -0.25) is 4.79 Å². The van der Waals surface area contributed by atoms with E-state index in [-0.39, 0.29) is 23.5 Å². The Bertz CT molecular complexity index is 445. The Morgan fingerprint density at radius 3 is 2.37 bits per heavy atom. The van der Waals surface area contributed by atoms with E-state index in [0.717, 1.165) is 0 Å². The number of aromatic nitrogens is 2. The quantitative estimate of drug-likeness (QED) is 0.751. The molecule has 19 heavy (non-hydrogen) atoms. The lowest BCUT2D eigenvalue weighted by Gasteiger charge is -2.19. The minimum Gasteiger partial charge on any atom is -0.467 e. The van der Waals surface area contributed by atoms with Crippen LogP contribution in [0.2, 0.25) is 0 Å². The second-order valence-corrected chi connectivity index (χ2v) is 4.27. The summed E-state index contributed by atoms with van der Waals surface area (Å²) in [6.07, 6.45) is 0. The number of carbonyl (C=O) groups excluding carboxylic acids is 2. The Balaban J connectivity index is 2.81. The van der Waals surface area contributed by atoms with Crippen LogP contribution in [0.4, 0.5) is 5.82 Å². The number of carbonyl (C=O) groups is 2. The Morgan fingerprint density at radius 1 is 1.26 bits per heavy atom. The number of rotatable bonds is 5. The Labute approximate surface area is 111 Å². The number of nitrogens with zero attached hydrogens (tertiary/aromatic N) is 2. The van der Waals surface area contributed by atoms with Gasteiger partial charge in [0, 0.05) is 7.05 Å². The number of anilines is 1. The van der Waals surface area contributed by atoms with E-state index in [9.17, 15) is 9.59 Å². The molecule has 1 aromatic heterocycles. The molecule has 1 amide bonds. The van der Waals surface area contributed by atoms with Gasteiger partial charge in [0.2, 0.25) is 0 Å². The zero-order valence-electron chi connectivity index (χ0n) is 11.4. The summed E-state index contributed by atoms with van der Waals surface area (Å²) in [4.78, 5) is 22.9. The van der Waals surface area contributed by atoms with Crippen molar-refractivity contribution < 1.29 is 14.3 Å². The van der Waals surface area contributed by atoms with Crippen LogP contribution in [-0.4, -0.2) is 42.3 Å². The van der Waals surface area contributed by atoms with E-state index in [1.165, 1.54) is 20.2 Å². The van der Waals surface area contributed by atoms with Crippen LogP contribution in [0.15, 0.2) is 12.1 Å². The summed E-state index contributed by atoms with van der Waals surface area (Å²) in [6.45, 7) is 3.78. The van der Waals surface area contributed by atoms with Crippen molar-refractivity contribution in [3.63, 3.8) is 0 Å². The monoisotopic (exact) mass is 266 g/mol. The molecule has 0 aliphatic heterocycles. The maximum Gasteiger partial charge on any atom is 0.328 e. The molecule has 1 atom stereocenters. The Kier molecular flexibility index (Phi) is 5.23. The molecule has 0 aromatic carbocycles. The van der Waals surface area contributed by atoms with Crippen LogP contribution >= 0.6 is 0 Å². The van der Waals surface area contributed by atoms with Gasteiger partial charge < -0.3 is 15.4 Å². The van der Waals surface area contributed by atoms with Crippen molar-refractivity contribution in [3.05, 3.63) is 17.8 Å². The smallest absolute Gasteiger partial charge is 0.328 e. The average molecular weight is 266 g/mol. The van der Waals surface area contributed by atoms with Gasteiger partial charge in [-0.2, -0.15) is 0 Å². The summed E-state index contributed by atoms with van der Waals surface area (Å²) in [5.41, 5.74) is 0.215. The number of esters is 1. The first-order chi connectivity index (χ1) is 8.99. The van der Waals surface area contributed by atoms with Crippen LogP contribution < -0.4 is 10.6 Å². The summed E-state index contributed by atoms with van der Waals surface area (Å²) in [5.74, 6) is -0.232. The number of methoxy groups -OCH3 is 1. The molecule has 0 aliphatic rings. The first-order valence-corrected chi connectivity index (χ1v) is 5.89. The molecule has 7 nitrogen and oxygen atoms in total. The van der Waals surface area contributed by atoms with Gasteiger partial charge >= 0.3 is 5.97 Å². The van der Waals surface area contributed by atoms with Crippen molar-refractivity contribution in [1.82, 2.24) is 15.5 Å². The van der Waals surface area contributed by atoms with Gasteiger partial charge in [0.15, 0.2) is 5.69 Å². The molecule has 1 rings (SSSR count). The van der Waals surface area contributed by atoms with Crippen LogP contribution in [0.1, 0.15) is 24.3 Å². The van der Waals surface area contributed by atoms with Crippen molar-refractivity contribution >= 4 is 17.7 Å². The highest BCUT2D eigenvalue weighted by Crippen LogP contribution is 2.11. The maximum absolute atomic E-state index is 11.6. The number of nitrogens with one attached hydrogen (secondary N) is 2. The van der Waals surface area contributed by atoms with E-state index in [1.807, 2.05) is 13.8 Å². The third kappa shape index (κ3) is 3.90. The largest absolute Gasteiger partial charge is 0.467 e. The van der Waals surface area contributed by atoms with Gasteiger partial charge in [0.1, 0.15) is 11.9 Å². The second-order valence-electron chi connectivity index (χ2n) is 4.27. The van der Waals surface area contributed by atoms with E-state index >= 15 is 0 Å². The lowest BCUT2D eigenvalue weighted by Crippen LogP contribution is -2.35. The molecule has 1 unspecified atom stereocenters. The van der Waals surface area contributed by atoms with Crippen LogP contribution in [0, 0.1) is 5.92 Å². The van der Waals surface area contributed by atoms with Crippen molar-refractivity contribution in [3.8, 4) is 0 Å². The molecule has 0 spiro atoms. The van der Waals surface area contributed by atoms with E-state index in [0.29, 0.717) is 5.82 Å². The average Bonchev–Trinajstić information content (AvgIpc) is 2.43. The molecule has 104 valence electrons. The summed E-state index contributed by atoms with van der Waals surface area (Å²) in [7, 11) is 2.85. The first kappa shape index (κ1) is 14.9. The maximum atomic E-state index is 11.6.